The first-order valence-corrected chi connectivity index (χ1v) is 10.3. The third kappa shape index (κ3) is 2.91. The zero-order valence-corrected chi connectivity index (χ0v) is 15.5. The molecule has 136 valence electrons. The predicted octanol–water partition coefficient (Wildman–Crippen LogP) is 3.81. The van der Waals surface area contributed by atoms with Crippen LogP contribution in [0.3, 0.4) is 0 Å². The van der Waals surface area contributed by atoms with Crippen molar-refractivity contribution in [2.45, 2.75) is 50.1 Å². The highest BCUT2D eigenvalue weighted by Gasteiger charge is 2.40. The molecule has 2 bridgehead atoms. The standard InChI is InChI=1S/C20H23N3O2S/c24-20(23-15-7-8-16(23)12-25-11-15)22-19-21-17-9-6-14(10-18(17)26-19)13-4-2-1-3-5-13/h1-5,14-16H,6-12H2,(H,21,22,24). The molecule has 2 amide bonds. The van der Waals surface area contributed by atoms with Crippen molar-refractivity contribution >= 4 is 22.5 Å². The molecule has 0 radical (unpaired) electrons. The normalized spacial score (nSPS) is 27.2. The fraction of sp³-hybridized carbons (Fsp3) is 0.500. The number of nitrogens with zero attached hydrogens (tertiary/aromatic N) is 2. The Balaban J connectivity index is 1.29. The number of aromatic nitrogens is 1. The van der Waals surface area contributed by atoms with Crippen LogP contribution in [0.4, 0.5) is 9.93 Å². The van der Waals surface area contributed by atoms with Crippen LogP contribution in [0.15, 0.2) is 30.3 Å². The Kier molecular flexibility index (Phi) is 4.17. The zero-order chi connectivity index (χ0) is 17.5. The van der Waals surface area contributed by atoms with Crippen molar-refractivity contribution < 1.29 is 9.53 Å². The molecule has 3 aliphatic rings. The number of morpholine rings is 1. The number of urea groups is 1. The second-order valence-corrected chi connectivity index (χ2v) is 8.58. The van der Waals surface area contributed by atoms with Gasteiger partial charge in [0.15, 0.2) is 5.13 Å². The number of ether oxygens (including phenoxy) is 1. The highest BCUT2D eigenvalue weighted by molar-refractivity contribution is 7.15. The van der Waals surface area contributed by atoms with E-state index in [0.29, 0.717) is 19.1 Å². The van der Waals surface area contributed by atoms with Crippen LogP contribution in [0.2, 0.25) is 0 Å². The number of hydrogen-bond donors (Lipinski definition) is 1. The fourth-order valence-electron chi connectivity index (χ4n) is 4.55. The van der Waals surface area contributed by atoms with Crippen LogP contribution in [0.1, 0.15) is 41.3 Å². The van der Waals surface area contributed by atoms with E-state index in [1.54, 1.807) is 11.3 Å². The van der Waals surface area contributed by atoms with Crippen molar-refractivity contribution in [3.63, 3.8) is 0 Å². The number of rotatable bonds is 2. The molecule has 3 unspecified atom stereocenters. The molecule has 2 aromatic rings. The van der Waals surface area contributed by atoms with Crippen LogP contribution in [-0.4, -0.2) is 41.2 Å². The molecule has 5 rings (SSSR count). The molecule has 3 atom stereocenters. The van der Waals surface area contributed by atoms with Crippen LogP contribution >= 0.6 is 11.3 Å². The largest absolute Gasteiger partial charge is 0.377 e. The van der Waals surface area contributed by atoms with Gasteiger partial charge in [-0.1, -0.05) is 30.3 Å². The molecule has 1 N–H and O–H groups in total. The first-order valence-electron chi connectivity index (χ1n) is 9.48. The Labute approximate surface area is 157 Å². The lowest BCUT2D eigenvalue weighted by Crippen LogP contribution is -2.50. The predicted molar refractivity (Wildman–Crippen MR) is 102 cm³/mol. The number of nitrogens with one attached hydrogen (secondary N) is 1. The summed E-state index contributed by atoms with van der Waals surface area (Å²) in [6.45, 7) is 1.33. The van der Waals surface area contributed by atoms with E-state index in [1.165, 1.54) is 16.1 Å². The minimum Gasteiger partial charge on any atom is -0.377 e. The first kappa shape index (κ1) is 16.3. The summed E-state index contributed by atoms with van der Waals surface area (Å²) in [6, 6.07) is 11.2. The van der Waals surface area contributed by atoms with E-state index in [-0.39, 0.29) is 18.1 Å². The van der Waals surface area contributed by atoms with Gasteiger partial charge in [-0.3, -0.25) is 5.32 Å². The molecular formula is C20H23N3O2S. The fourth-order valence-corrected chi connectivity index (χ4v) is 5.63. The van der Waals surface area contributed by atoms with Gasteiger partial charge < -0.3 is 9.64 Å². The molecule has 1 aromatic heterocycles. The Morgan fingerprint density at radius 3 is 2.69 bits per heavy atom. The van der Waals surface area contributed by atoms with Crippen LogP contribution in [-0.2, 0) is 17.6 Å². The molecule has 26 heavy (non-hydrogen) atoms. The van der Waals surface area contributed by atoms with E-state index in [4.69, 9.17) is 9.72 Å². The SMILES string of the molecule is O=C(Nc1nc2c(s1)CC(c1ccccc1)CC2)N1C2CCC1COC2. The maximum Gasteiger partial charge on any atom is 0.324 e. The molecule has 6 heteroatoms. The second-order valence-electron chi connectivity index (χ2n) is 7.50. The smallest absolute Gasteiger partial charge is 0.324 e. The molecule has 2 aliphatic heterocycles. The van der Waals surface area contributed by atoms with Gasteiger partial charge >= 0.3 is 6.03 Å². The number of carbonyl (C=O) groups is 1. The van der Waals surface area contributed by atoms with Gasteiger partial charge in [-0.2, -0.15) is 0 Å². The Morgan fingerprint density at radius 1 is 1.15 bits per heavy atom. The third-order valence-corrected chi connectivity index (χ3v) is 6.93. The van der Waals surface area contributed by atoms with Crippen LogP contribution < -0.4 is 5.32 Å². The first-order chi connectivity index (χ1) is 12.8. The summed E-state index contributed by atoms with van der Waals surface area (Å²) in [5.41, 5.74) is 2.57. The molecule has 2 saturated heterocycles. The van der Waals surface area contributed by atoms with E-state index in [1.807, 2.05) is 4.90 Å². The highest BCUT2D eigenvalue weighted by atomic mass is 32.1. The number of thiazole rings is 1. The number of hydrogen-bond acceptors (Lipinski definition) is 4. The number of amides is 2. The maximum absolute atomic E-state index is 12.8. The van der Waals surface area contributed by atoms with Gasteiger partial charge in [0.25, 0.3) is 0 Å². The van der Waals surface area contributed by atoms with Gasteiger partial charge in [-0.05, 0) is 43.6 Å². The molecule has 1 aliphatic carbocycles. The Morgan fingerprint density at radius 2 is 1.92 bits per heavy atom. The van der Waals surface area contributed by atoms with E-state index in [2.05, 4.69) is 35.6 Å². The van der Waals surface area contributed by atoms with Gasteiger partial charge in [0, 0.05) is 4.88 Å². The van der Waals surface area contributed by atoms with E-state index in [0.717, 1.165) is 37.2 Å². The van der Waals surface area contributed by atoms with Crippen molar-refractivity contribution in [1.29, 1.82) is 0 Å². The third-order valence-electron chi connectivity index (χ3n) is 5.90. The van der Waals surface area contributed by atoms with E-state index in [9.17, 15) is 4.79 Å². The summed E-state index contributed by atoms with van der Waals surface area (Å²) in [5.74, 6) is 0.558. The minimum absolute atomic E-state index is 0.00786. The summed E-state index contributed by atoms with van der Waals surface area (Å²) in [5, 5.41) is 3.81. The number of anilines is 1. The molecular weight excluding hydrogens is 346 g/mol. The Hall–Kier alpha value is -1.92. The van der Waals surface area contributed by atoms with Gasteiger partial charge in [0.05, 0.1) is 31.0 Å². The monoisotopic (exact) mass is 369 g/mol. The van der Waals surface area contributed by atoms with Gasteiger partial charge in [0.2, 0.25) is 0 Å². The molecule has 1 aromatic carbocycles. The lowest BCUT2D eigenvalue weighted by molar-refractivity contribution is 0.00949. The molecule has 5 nitrogen and oxygen atoms in total. The van der Waals surface area contributed by atoms with E-state index < -0.39 is 0 Å². The zero-order valence-electron chi connectivity index (χ0n) is 14.7. The summed E-state index contributed by atoms with van der Waals surface area (Å²) in [4.78, 5) is 20.8. The highest BCUT2D eigenvalue weighted by Crippen LogP contribution is 2.37. The number of benzene rings is 1. The number of aryl methyl sites for hydroxylation is 1. The quantitative estimate of drug-likeness (QED) is 0.876. The molecule has 0 spiro atoms. The number of carbonyl (C=O) groups excluding carboxylic acids is 1. The lowest BCUT2D eigenvalue weighted by atomic mass is 9.85. The molecule has 2 fully saturated rings. The maximum atomic E-state index is 12.8. The average molecular weight is 369 g/mol. The summed E-state index contributed by atoms with van der Waals surface area (Å²) in [6.07, 6.45) is 5.23. The van der Waals surface area contributed by atoms with Gasteiger partial charge in [-0.15, -0.1) is 11.3 Å². The Bertz CT molecular complexity index is 791. The van der Waals surface area contributed by atoms with Crippen molar-refractivity contribution in [1.82, 2.24) is 9.88 Å². The molecule has 3 heterocycles. The van der Waals surface area contributed by atoms with Crippen LogP contribution in [0.5, 0.6) is 0 Å². The van der Waals surface area contributed by atoms with E-state index >= 15 is 0 Å². The molecule has 0 saturated carbocycles. The summed E-state index contributed by atoms with van der Waals surface area (Å²) in [7, 11) is 0. The lowest BCUT2D eigenvalue weighted by Gasteiger charge is -2.34. The second kappa shape index (κ2) is 6.67. The van der Waals surface area contributed by atoms with Gasteiger partial charge in [0.1, 0.15) is 0 Å². The van der Waals surface area contributed by atoms with Crippen molar-refractivity contribution in [2.24, 2.45) is 0 Å². The van der Waals surface area contributed by atoms with Crippen molar-refractivity contribution in [3.8, 4) is 0 Å². The minimum atomic E-state index is -0.00786. The average Bonchev–Trinajstić information content (AvgIpc) is 3.18. The summed E-state index contributed by atoms with van der Waals surface area (Å²) < 4.78 is 5.57. The number of fused-ring (bicyclic) bond motifs is 3. The van der Waals surface area contributed by atoms with Gasteiger partial charge in [-0.25, -0.2) is 9.78 Å². The van der Waals surface area contributed by atoms with Crippen molar-refractivity contribution in [3.05, 3.63) is 46.5 Å². The van der Waals surface area contributed by atoms with Crippen LogP contribution in [0.25, 0.3) is 0 Å². The summed E-state index contributed by atoms with van der Waals surface area (Å²) >= 11 is 1.65. The van der Waals surface area contributed by atoms with Crippen molar-refractivity contribution in [2.75, 3.05) is 18.5 Å². The van der Waals surface area contributed by atoms with Crippen LogP contribution in [0, 0.1) is 0 Å². The topological polar surface area (TPSA) is 54.5 Å².